The van der Waals surface area contributed by atoms with Crippen molar-refractivity contribution in [2.24, 2.45) is 0 Å². The summed E-state index contributed by atoms with van der Waals surface area (Å²) < 4.78 is 0. The van der Waals surface area contributed by atoms with Crippen LogP contribution in [0.25, 0.3) is 0 Å². The number of alkyl halides is 1. The van der Waals surface area contributed by atoms with E-state index in [1.807, 2.05) is 0 Å². The van der Waals surface area contributed by atoms with Crippen LogP contribution in [0.2, 0.25) is 0 Å². The lowest BCUT2D eigenvalue weighted by Crippen LogP contribution is -1.93. The number of ketones is 1. The van der Waals surface area contributed by atoms with Crippen LogP contribution >= 0.6 is 15.9 Å². The number of pyridine rings is 1. The van der Waals surface area contributed by atoms with E-state index >= 15 is 0 Å². The molecule has 0 unspecified atom stereocenters. The van der Waals surface area contributed by atoms with Gasteiger partial charge in [0, 0.05) is 23.5 Å². The standard InChI is InChI=1S/C11H10BrNO/c1-9(14)10-5-6-11(13-8-10)4-2-3-7-12/h5-6,8H,3,7H2,1H3. The molecule has 0 aliphatic rings. The van der Waals surface area contributed by atoms with Gasteiger partial charge in [-0.1, -0.05) is 21.9 Å². The van der Waals surface area contributed by atoms with Crippen LogP contribution in [0.4, 0.5) is 0 Å². The summed E-state index contributed by atoms with van der Waals surface area (Å²) >= 11 is 3.29. The van der Waals surface area contributed by atoms with Crippen molar-refractivity contribution in [2.75, 3.05) is 5.33 Å². The van der Waals surface area contributed by atoms with E-state index in [1.54, 1.807) is 18.3 Å². The number of rotatable bonds is 2. The summed E-state index contributed by atoms with van der Waals surface area (Å²) in [5.74, 6) is 5.89. The molecule has 0 aliphatic carbocycles. The van der Waals surface area contributed by atoms with Crippen molar-refractivity contribution in [3.8, 4) is 11.8 Å². The molecule has 1 aromatic heterocycles. The van der Waals surface area contributed by atoms with Gasteiger partial charge in [0.1, 0.15) is 5.69 Å². The first kappa shape index (κ1) is 10.9. The van der Waals surface area contributed by atoms with Gasteiger partial charge in [-0.15, -0.1) is 0 Å². The monoisotopic (exact) mass is 251 g/mol. The van der Waals surface area contributed by atoms with Crippen LogP contribution in [-0.4, -0.2) is 16.1 Å². The number of carbonyl (C=O) groups is 1. The number of hydrogen-bond donors (Lipinski definition) is 0. The molecule has 0 aliphatic heterocycles. The zero-order valence-electron chi connectivity index (χ0n) is 7.88. The highest BCUT2D eigenvalue weighted by Gasteiger charge is 1.97. The SMILES string of the molecule is CC(=O)c1ccc(C#CCCBr)nc1. The quantitative estimate of drug-likeness (QED) is 0.459. The number of halogens is 1. The molecular weight excluding hydrogens is 242 g/mol. The van der Waals surface area contributed by atoms with Crippen LogP contribution in [0, 0.1) is 11.8 Å². The van der Waals surface area contributed by atoms with Crippen molar-refractivity contribution >= 4 is 21.7 Å². The molecule has 1 heterocycles. The van der Waals surface area contributed by atoms with Gasteiger partial charge in [0.15, 0.2) is 5.78 Å². The Hall–Kier alpha value is -1.14. The molecule has 0 N–H and O–H groups in total. The maximum Gasteiger partial charge on any atom is 0.161 e. The fourth-order valence-electron chi connectivity index (χ4n) is 0.876. The Kier molecular flexibility index (Phi) is 4.34. The number of nitrogens with zero attached hydrogens (tertiary/aromatic N) is 1. The first-order valence-electron chi connectivity index (χ1n) is 4.26. The Morgan fingerprint density at radius 2 is 2.36 bits per heavy atom. The van der Waals surface area contributed by atoms with Crippen molar-refractivity contribution in [1.29, 1.82) is 0 Å². The third-order valence-electron chi connectivity index (χ3n) is 1.61. The average Bonchev–Trinajstić information content (AvgIpc) is 2.19. The van der Waals surface area contributed by atoms with Gasteiger partial charge >= 0.3 is 0 Å². The fourth-order valence-corrected chi connectivity index (χ4v) is 1.07. The molecule has 0 saturated heterocycles. The number of carbonyl (C=O) groups excluding carboxylic acids is 1. The number of Topliss-reactive ketones (excluding diaryl/α,β-unsaturated/α-hetero) is 1. The third-order valence-corrected chi connectivity index (χ3v) is 2.00. The molecule has 0 aromatic carbocycles. The van der Waals surface area contributed by atoms with E-state index in [0.29, 0.717) is 11.3 Å². The highest BCUT2D eigenvalue weighted by atomic mass is 79.9. The minimum atomic E-state index is 0.0254. The largest absolute Gasteiger partial charge is 0.294 e. The van der Waals surface area contributed by atoms with Gasteiger partial charge < -0.3 is 0 Å². The van der Waals surface area contributed by atoms with E-state index in [-0.39, 0.29) is 5.78 Å². The van der Waals surface area contributed by atoms with Crippen molar-refractivity contribution < 1.29 is 4.79 Å². The first-order valence-corrected chi connectivity index (χ1v) is 5.38. The fraction of sp³-hybridized carbons (Fsp3) is 0.273. The van der Waals surface area contributed by atoms with E-state index in [1.165, 1.54) is 6.92 Å². The molecule has 72 valence electrons. The second kappa shape index (κ2) is 5.56. The van der Waals surface area contributed by atoms with Crippen LogP contribution in [0.5, 0.6) is 0 Å². The summed E-state index contributed by atoms with van der Waals surface area (Å²) in [6.45, 7) is 1.52. The van der Waals surface area contributed by atoms with Gasteiger partial charge in [0.2, 0.25) is 0 Å². The molecule has 14 heavy (non-hydrogen) atoms. The summed E-state index contributed by atoms with van der Waals surface area (Å²) in [6, 6.07) is 3.51. The molecule has 0 saturated carbocycles. The minimum absolute atomic E-state index is 0.0254. The molecule has 1 rings (SSSR count). The molecule has 1 aromatic rings. The van der Waals surface area contributed by atoms with Crippen molar-refractivity contribution in [2.45, 2.75) is 13.3 Å². The van der Waals surface area contributed by atoms with Gasteiger partial charge in [-0.05, 0) is 25.0 Å². The molecule has 0 bridgehead atoms. The number of aromatic nitrogens is 1. The smallest absolute Gasteiger partial charge is 0.161 e. The van der Waals surface area contributed by atoms with E-state index in [2.05, 4.69) is 32.8 Å². The van der Waals surface area contributed by atoms with E-state index < -0.39 is 0 Å². The average molecular weight is 252 g/mol. The Balaban J connectivity index is 2.75. The molecule has 0 spiro atoms. The van der Waals surface area contributed by atoms with Gasteiger partial charge in [0.05, 0.1) is 0 Å². The molecule has 3 heteroatoms. The zero-order chi connectivity index (χ0) is 10.4. The summed E-state index contributed by atoms with van der Waals surface area (Å²) in [5.41, 5.74) is 1.33. The van der Waals surface area contributed by atoms with E-state index in [9.17, 15) is 4.79 Å². The van der Waals surface area contributed by atoms with Crippen molar-refractivity contribution in [3.63, 3.8) is 0 Å². The molecule has 0 amide bonds. The molecule has 0 fully saturated rings. The van der Waals surface area contributed by atoms with Crippen LogP contribution in [-0.2, 0) is 0 Å². The Labute approximate surface area is 91.9 Å². The van der Waals surface area contributed by atoms with Crippen molar-refractivity contribution in [1.82, 2.24) is 4.98 Å². The van der Waals surface area contributed by atoms with Crippen LogP contribution in [0.1, 0.15) is 29.4 Å². The highest BCUT2D eigenvalue weighted by molar-refractivity contribution is 9.09. The van der Waals surface area contributed by atoms with E-state index in [0.717, 1.165) is 11.8 Å². The minimum Gasteiger partial charge on any atom is -0.294 e. The molecule has 0 atom stereocenters. The summed E-state index contributed by atoms with van der Waals surface area (Å²) in [5, 5.41) is 0.867. The maximum absolute atomic E-state index is 10.9. The van der Waals surface area contributed by atoms with Gasteiger partial charge in [-0.3, -0.25) is 4.79 Å². The van der Waals surface area contributed by atoms with Gasteiger partial charge in [0.25, 0.3) is 0 Å². The van der Waals surface area contributed by atoms with Gasteiger partial charge in [-0.2, -0.15) is 0 Å². The highest BCUT2D eigenvalue weighted by Crippen LogP contribution is 2.00. The number of hydrogen-bond acceptors (Lipinski definition) is 2. The zero-order valence-corrected chi connectivity index (χ0v) is 9.47. The lowest BCUT2D eigenvalue weighted by Gasteiger charge is -1.93. The Bertz CT molecular complexity index is 373. The second-order valence-corrected chi connectivity index (χ2v) is 3.52. The third kappa shape index (κ3) is 3.31. The second-order valence-electron chi connectivity index (χ2n) is 2.73. The summed E-state index contributed by atoms with van der Waals surface area (Å²) in [4.78, 5) is 15.0. The first-order chi connectivity index (χ1) is 6.74. The Morgan fingerprint density at radius 3 is 2.86 bits per heavy atom. The lowest BCUT2D eigenvalue weighted by atomic mass is 10.2. The van der Waals surface area contributed by atoms with Crippen LogP contribution < -0.4 is 0 Å². The normalized spacial score (nSPS) is 9.00. The maximum atomic E-state index is 10.9. The topological polar surface area (TPSA) is 30.0 Å². The van der Waals surface area contributed by atoms with Crippen LogP contribution in [0.15, 0.2) is 18.3 Å². The van der Waals surface area contributed by atoms with Crippen LogP contribution in [0.3, 0.4) is 0 Å². The predicted octanol–water partition coefficient (Wildman–Crippen LogP) is 2.42. The van der Waals surface area contributed by atoms with Gasteiger partial charge in [-0.25, -0.2) is 4.98 Å². The lowest BCUT2D eigenvalue weighted by molar-refractivity contribution is 0.101. The summed E-state index contributed by atoms with van der Waals surface area (Å²) in [6.07, 6.45) is 2.36. The molecular formula is C11H10BrNO. The van der Waals surface area contributed by atoms with E-state index in [4.69, 9.17) is 0 Å². The Morgan fingerprint density at radius 1 is 1.57 bits per heavy atom. The molecule has 0 radical (unpaired) electrons. The van der Waals surface area contributed by atoms with Crippen molar-refractivity contribution in [3.05, 3.63) is 29.6 Å². The summed E-state index contributed by atoms with van der Waals surface area (Å²) in [7, 11) is 0. The molecule has 2 nitrogen and oxygen atoms in total. The predicted molar refractivity (Wildman–Crippen MR) is 59.5 cm³/mol.